The molecule has 132 valence electrons. The minimum Gasteiger partial charge on any atom is -0.481 e. The summed E-state index contributed by atoms with van der Waals surface area (Å²) in [6.45, 7) is 0. The van der Waals surface area contributed by atoms with Gasteiger partial charge in [0.05, 0.1) is 7.11 Å². The average Bonchev–Trinajstić information content (AvgIpc) is 2.72. The van der Waals surface area contributed by atoms with E-state index < -0.39 is 5.25 Å². The van der Waals surface area contributed by atoms with Gasteiger partial charge in [-0.3, -0.25) is 15.6 Å². The van der Waals surface area contributed by atoms with E-state index in [1.54, 1.807) is 12.3 Å². The van der Waals surface area contributed by atoms with Gasteiger partial charge in [-0.1, -0.05) is 48.5 Å². The lowest BCUT2D eigenvalue weighted by Gasteiger charge is -2.17. The number of carbonyl (C=O) groups is 1. The summed E-state index contributed by atoms with van der Waals surface area (Å²) in [4.78, 5) is 22.0. The zero-order valence-corrected chi connectivity index (χ0v) is 14.9. The molecule has 1 aromatic heterocycles. The van der Waals surface area contributed by atoms with Gasteiger partial charge in [0.25, 0.3) is 5.91 Å². The molecule has 0 radical (unpaired) electrons. The third-order valence-electron chi connectivity index (χ3n) is 3.47. The summed E-state index contributed by atoms with van der Waals surface area (Å²) in [5, 5.41) is -0.420. The van der Waals surface area contributed by atoms with Gasteiger partial charge >= 0.3 is 0 Å². The van der Waals surface area contributed by atoms with E-state index in [9.17, 15) is 4.79 Å². The van der Waals surface area contributed by atoms with Crippen LogP contribution in [0.15, 0.2) is 77.8 Å². The van der Waals surface area contributed by atoms with E-state index >= 15 is 0 Å². The minimum absolute atomic E-state index is 0.198. The highest BCUT2D eigenvalue weighted by Crippen LogP contribution is 2.35. The highest BCUT2D eigenvalue weighted by Gasteiger charge is 2.22. The summed E-state index contributed by atoms with van der Waals surface area (Å²) in [6, 6.07) is 21.1. The van der Waals surface area contributed by atoms with Gasteiger partial charge in [0, 0.05) is 17.2 Å². The van der Waals surface area contributed by atoms with E-state index in [1.165, 1.54) is 18.9 Å². The summed E-state index contributed by atoms with van der Waals surface area (Å²) >= 11 is 1.48. The Bertz CT molecular complexity index is 846. The molecule has 26 heavy (non-hydrogen) atoms. The van der Waals surface area contributed by atoms with Crippen molar-refractivity contribution in [2.75, 3.05) is 12.5 Å². The quantitative estimate of drug-likeness (QED) is 0.493. The highest BCUT2D eigenvalue weighted by molar-refractivity contribution is 8.00. The van der Waals surface area contributed by atoms with Crippen molar-refractivity contribution in [3.05, 3.63) is 78.5 Å². The van der Waals surface area contributed by atoms with Crippen molar-refractivity contribution in [2.45, 2.75) is 10.1 Å². The number of rotatable bonds is 7. The predicted octanol–water partition coefficient (Wildman–Crippen LogP) is 3.46. The van der Waals surface area contributed by atoms with E-state index in [0.717, 1.165) is 10.5 Å². The second-order valence-corrected chi connectivity index (χ2v) is 6.44. The van der Waals surface area contributed by atoms with Crippen LogP contribution in [-0.4, -0.2) is 23.0 Å². The molecule has 0 aliphatic rings. The third kappa shape index (κ3) is 4.73. The van der Waals surface area contributed by atoms with Crippen LogP contribution in [-0.2, 0) is 4.79 Å². The molecular formula is C19H18N4O2S. The van der Waals surface area contributed by atoms with Gasteiger partial charge in [-0.05, 0) is 17.7 Å². The number of amides is 1. The van der Waals surface area contributed by atoms with Crippen molar-refractivity contribution in [1.29, 1.82) is 0 Å². The Kier molecular flexibility index (Phi) is 6.05. The number of hydrazine groups is 1. The fourth-order valence-corrected chi connectivity index (χ4v) is 3.28. The SMILES string of the molecule is COc1ccnc(NNC(=O)[C@@H](Sc2ccccc2)c2ccccc2)n1. The van der Waals surface area contributed by atoms with Crippen molar-refractivity contribution in [3.8, 4) is 5.88 Å². The van der Waals surface area contributed by atoms with Crippen LogP contribution in [0.3, 0.4) is 0 Å². The van der Waals surface area contributed by atoms with E-state index in [1.807, 2.05) is 60.7 Å². The molecule has 2 N–H and O–H groups in total. The van der Waals surface area contributed by atoms with Crippen molar-refractivity contribution in [1.82, 2.24) is 15.4 Å². The van der Waals surface area contributed by atoms with Gasteiger partial charge in [0.2, 0.25) is 11.8 Å². The highest BCUT2D eigenvalue weighted by atomic mass is 32.2. The zero-order chi connectivity index (χ0) is 18.2. The molecule has 0 fully saturated rings. The molecule has 1 atom stereocenters. The number of benzene rings is 2. The average molecular weight is 366 g/mol. The van der Waals surface area contributed by atoms with Crippen LogP contribution in [0.1, 0.15) is 10.8 Å². The molecule has 1 amide bonds. The third-order valence-corrected chi connectivity index (χ3v) is 4.74. The zero-order valence-electron chi connectivity index (χ0n) is 14.1. The number of aromatic nitrogens is 2. The molecule has 0 aliphatic carbocycles. The lowest BCUT2D eigenvalue weighted by molar-refractivity contribution is -0.120. The maximum atomic E-state index is 12.8. The first-order chi connectivity index (χ1) is 12.8. The second-order valence-electron chi connectivity index (χ2n) is 5.26. The van der Waals surface area contributed by atoms with E-state index in [2.05, 4.69) is 20.8 Å². The van der Waals surface area contributed by atoms with Crippen molar-refractivity contribution in [2.24, 2.45) is 0 Å². The van der Waals surface area contributed by atoms with Crippen LogP contribution in [0, 0.1) is 0 Å². The van der Waals surface area contributed by atoms with Crippen molar-refractivity contribution < 1.29 is 9.53 Å². The molecule has 6 nitrogen and oxygen atoms in total. The summed E-state index contributed by atoms with van der Waals surface area (Å²) in [7, 11) is 1.52. The van der Waals surface area contributed by atoms with Gasteiger partial charge in [-0.25, -0.2) is 4.98 Å². The first kappa shape index (κ1) is 17.8. The van der Waals surface area contributed by atoms with E-state index in [-0.39, 0.29) is 11.9 Å². The Morgan fingerprint density at radius 3 is 2.42 bits per heavy atom. The Balaban J connectivity index is 1.74. The first-order valence-corrected chi connectivity index (χ1v) is 8.84. The summed E-state index contributed by atoms with van der Waals surface area (Å²) < 4.78 is 5.05. The lowest BCUT2D eigenvalue weighted by atomic mass is 10.1. The van der Waals surface area contributed by atoms with Gasteiger partial charge in [0.1, 0.15) is 5.25 Å². The number of nitrogens with one attached hydrogen (secondary N) is 2. The molecule has 0 bridgehead atoms. The maximum absolute atomic E-state index is 12.8. The van der Waals surface area contributed by atoms with Crippen LogP contribution in [0.4, 0.5) is 5.95 Å². The van der Waals surface area contributed by atoms with E-state index in [0.29, 0.717) is 5.88 Å². The van der Waals surface area contributed by atoms with Gasteiger partial charge in [-0.15, -0.1) is 11.8 Å². The first-order valence-electron chi connectivity index (χ1n) is 7.96. The van der Waals surface area contributed by atoms with Crippen LogP contribution in [0.25, 0.3) is 0 Å². The number of anilines is 1. The number of thioether (sulfide) groups is 1. The topological polar surface area (TPSA) is 76.1 Å². The van der Waals surface area contributed by atoms with Crippen LogP contribution in [0.2, 0.25) is 0 Å². The minimum atomic E-state index is -0.420. The molecule has 3 aromatic rings. The molecule has 0 saturated heterocycles. The number of hydrogen-bond donors (Lipinski definition) is 2. The Hall–Kier alpha value is -3.06. The number of carbonyl (C=O) groups excluding carboxylic acids is 1. The number of hydrogen-bond acceptors (Lipinski definition) is 6. The van der Waals surface area contributed by atoms with E-state index in [4.69, 9.17) is 4.74 Å². The Morgan fingerprint density at radius 2 is 1.73 bits per heavy atom. The Labute approximate surface area is 156 Å². The van der Waals surface area contributed by atoms with Crippen LogP contribution >= 0.6 is 11.8 Å². The molecule has 0 saturated carbocycles. The largest absolute Gasteiger partial charge is 0.481 e. The monoisotopic (exact) mass is 366 g/mol. The lowest BCUT2D eigenvalue weighted by Crippen LogP contribution is -2.33. The smallest absolute Gasteiger partial charge is 0.256 e. The standard InChI is InChI=1S/C19H18N4O2S/c1-25-16-12-13-20-19(21-16)23-22-18(24)17(14-8-4-2-5-9-14)26-15-10-6-3-7-11-15/h2-13,17H,1H3,(H,22,24)(H,20,21,23)/t17-/m0/s1. The van der Waals surface area contributed by atoms with Gasteiger partial charge in [-0.2, -0.15) is 4.98 Å². The fraction of sp³-hybridized carbons (Fsp3) is 0.105. The van der Waals surface area contributed by atoms with Gasteiger partial charge < -0.3 is 4.74 Å². The van der Waals surface area contributed by atoms with Crippen molar-refractivity contribution in [3.63, 3.8) is 0 Å². The summed E-state index contributed by atoms with van der Waals surface area (Å²) in [6.07, 6.45) is 1.55. The molecule has 1 heterocycles. The summed E-state index contributed by atoms with van der Waals surface area (Å²) in [5.74, 6) is 0.473. The molecule has 2 aromatic carbocycles. The molecule has 0 spiro atoms. The predicted molar refractivity (Wildman–Crippen MR) is 102 cm³/mol. The molecule has 7 heteroatoms. The number of methoxy groups -OCH3 is 1. The molecular weight excluding hydrogens is 348 g/mol. The number of nitrogens with zero attached hydrogens (tertiary/aromatic N) is 2. The second kappa shape index (κ2) is 8.87. The molecule has 0 aliphatic heterocycles. The van der Waals surface area contributed by atoms with Gasteiger partial charge in [0.15, 0.2) is 0 Å². The van der Waals surface area contributed by atoms with Crippen LogP contribution < -0.4 is 15.6 Å². The molecule has 3 rings (SSSR count). The van der Waals surface area contributed by atoms with Crippen molar-refractivity contribution >= 4 is 23.6 Å². The Morgan fingerprint density at radius 1 is 1.04 bits per heavy atom. The molecule has 0 unspecified atom stereocenters. The van der Waals surface area contributed by atoms with Crippen LogP contribution in [0.5, 0.6) is 5.88 Å². The summed E-state index contributed by atoms with van der Waals surface area (Å²) in [5.41, 5.74) is 6.33. The fourth-order valence-electron chi connectivity index (χ4n) is 2.24. The number of ether oxygens (including phenoxy) is 1. The normalized spacial score (nSPS) is 11.4. The maximum Gasteiger partial charge on any atom is 0.256 e.